The highest BCUT2D eigenvalue weighted by atomic mass is 16.5. The lowest BCUT2D eigenvalue weighted by Gasteiger charge is -2.17. The Labute approximate surface area is 104 Å². The number of aliphatic hydroxyl groups is 2. The van der Waals surface area contributed by atoms with E-state index in [1.54, 1.807) is 12.1 Å². The Morgan fingerprint density at radius 1 is 1.11 bits per heavy atom. The number of benzene rings is 2. The zero-order chi connectivity index (χ0) is 13.1. The third kappa shape index (κ3) is 2.20. The van der Waals surface area contributed by atoms with Crippen LogP contribution in [-0.4, -0.2) is 29.4 Å². The van der Waals surface area contributed by atoms with Crippen LogP contribution in [-0.2, 0) is 9.53 Å². The van der Waals surface area contributed by atoms with E-state index in [2.05, 4.69) is 4.74 Å². The predicted octanol–water partition coefficient (Wildman–Crippen LogP) is 1.41. The molecule has 0 fully saturated rings. The number of esters is 1. The summed E-state index contributed by atoms with van der Waals surface area (Å²) in [5.74, 6) is -0.851. The first kappa shape index (κ1) is 12.5. The van der Waals surface area contributed by atoms with Crippen LogP contribution in [0.3, 0.4) is 0 Å². The Balaban J connectivity index is 2.44. The highest BCUT2D eigenvalue weighted by molar-refractivity contribution is 5.87. The number of fused-ring (bicyclic) bond motifs is 1. The number of aliphatic hydroxyl groups excluding tert-OH is 2. The summed E-state index contributed by atoms with van der Waals surface area (Å²) >= 11 is 0. The lowest BCUT2D eigenvalue weighted by atomic mass is 9.97. The zero-order valence-electron chi connectivity index (χ0n) is 9.91. The lowest BCUT2D eigenvalue weighted by molar-refractivity contribution is -0.156. The highest BCUT2D eigenvalue weighted by Crippen LogP contribution is 2.26. The Morgan fingerprint density at radius 3 is 2.50 bits per heavy atom. The number of rotatable bonds is 3. The summed E-state index contributed by atoms with van der Waals surface area (Å²) < 4.78 is 4.42. The fraction of sp³-hybridized carbons (Fsp3) is 0.214. The number of ether oxygens (including phenoxy) is 1. The van der Waals surface area contributed by atoms with Gasteiger partial charge in [0, 0.05) is 0 Å². The van der Waals surface area contributed by atoms with E-state index >= 15 is 0 Å². The quantitative estimate of drug-likeness (QED) is 0.803. The van der Waals surface area contributed by atoms with Crippen molar-refractivity contribution in [2.75, 3.05) is 7.11 Å². The molecular weight excluding hydrogens is 232 g/mol. The smallest absolute Gasteiger partial charge is 0.337 e. The monoisotopic (exact) mass is 246 g/mol. The number of hydrogen-bond acceptors (Lipinski definition) is 4. The van der Waals surface area contributed by atoms with Crippen LogP contribution in [0.1, 0.15) is 11.7 Å². The first-order valence-electron chi connectivity index (χ1n) is 5.56. The molecular formula is C14H14O4. The van der Waals surface area contributed by atoms with Gasteiger partial charge in [0.2, 0.25) is 0 Å². The van der Waals surface area contributed by atoms with Crippen LogP contribution in [0.25, 0.3) is 10.8 Å². The van der Waals surface area contributed by atoms with E-state index in [1.807, 2.05) is 30.3 Å². The molecule has 4 nitrogen and oxygen atoms in total. The summed E-state index contributed by atoms with van der Waals surface area (Å²) in [6.07, 6.45) is -2.88. The molecule has 94 valence electrons. The standard InChI is InChI=1S/C14H14O4/c1-18-14(17)13(16)12(15)11-8-4-6-9-5-2-3-7-10(9)11/h2-8,12-13,15-16H,1H3/t12-,13+/m0/s1. The fourth-order valence-corrected chi connectivity index (χ4v) is 1.93. The molecule has 0 unspecified atom stereocenters. The summed E-state index contributed by atoms with van der Waals surface area (Å²) in [4.78, 5) is 11.2. The van der Waals surface area contributed by atoms with Crippen molar-refractivity contribution in [2.24, 2.45) is 0 Å². The molecule has 0 heterocycles. The third-order valence-corrected chi connectivity index (χ3v) is 2.88. The number of hydrogen-bond donors (Lipinski definition) is 2. The van der Waals surface area contributed by atoms with Crippen molar-refractivity contribution in [1.29, 1.82) is 0 Å². The van der Waals surface area contributed by atoms with E-state index < -0.39 is 18.2 Å². The minimum atomic E-state index is -1.58. The Hall–Kier alpha value is -1.91. The molecule has 2 atom stereocenters. The van der Waals surface area contributed by atoms with Gasteiger partial charge >= 0.3 is 5.97 Å². The Morgan fingerprint density at radius 2 is 1.78 bits per heavy atom. The van der Waals surface area contributed by atoms with Gasteiger partial charge in [-0.25, -0.2) is 4.79 Å². The second-order valence-electron chi connectivity index (χ2n) is 3.98. The van der Waals surface area contributed by atoms with Crippen molar-refractivity contribution < 1.29 is 19.7 Å². The molecule has 2 aromatic carbocycles. The van der Waals surface area contributed by atoms with Gasteiger partial charge < -0.3 is 14.9 Å². The summed E-state index contributed by atoms with van der Waals surface area (Å²) in [6, 6.07) is 12.8. The van der Waals surface area contributed by atoms with Gasteiger partial charge in [0.1, 0.15) is 6.10 Å². The first-order valence-corrected chi connectivity index (χ1v) is 5.56. The molecule has 2 rings (SSSR count). The van der Waals surface area contributed by atoms with E-state index in [9.17, 15) is 15.0 Å². The third-order valence-electron chi connectivity index (χ3n) is 2.88. The molecule has 2 N–H and O–H groups in total. The van der Waals surface area contributed by atoms with Crippen molar-refractivity contribution >= 4 is 16.7 Å². The van der Waals surface area contributed by atoms with Crippen molar-refractivity contribution in [1.82, 2.24) is 0 Å². The van der Waals surface area contributed by atoms with Crippen LogP contribution >= 0.6 is 0 Å². The summed E-state index contributed by atoms with van der Waals surface area (Å²) in [5.41, 5.74) is 0.506. The van der Waals surface area contributed by atoms with Crippen LogP contribution in [0.2, 0.25) is 0 Å². The van der Waals surface area contributed by atoms with Crippen molar-refractivity contribution in [3.8, 4) is 0 Å². The molecule has 0 radical (unpaired) electrons. The van der Waals surface area contributed by atoms with Crippen LogP contribution in [0.5, 0.6) is 0 Å². The zero-order valence-corrected chi connectivity index (χ0v) is 9.91. The molecule has 0 aliphatic heterocycles. The maximum atomic E-state index is 11.2. The molecule has 0 amide bonds. The highest BCUT2D eigenvalue weighted by Gasteiger charge is 2.27. The van der Waals surface area contributed by atoms with Crippen LogP contribution in [0, 0.1) is 0 Å². The molecule has 0 saturated heterocycles. The van der Waals surface area contributed by atoms with Gasteiger partial charge in [-0.15, -0.1) is 0 Å². The molecule has 0 spiro atoms. The van der Waals surface area contributed by atoms with Gasteiger partial charge in [-0.3, -0.25) is 0 Å². The van der Waals surface area contributed by atoms with Crippen LogP contribution < -0.4 is 0 Å². The fourth-order valence-electron chi connectivity index (χ4n) is 1.93. The Bertz CT molecular complexity index is 559. The first-order chi connectivity index (χ1) is 8.65. The van der Waals surface area contributed by atoms with Gasteiger partial charge in [-0.2, -0.15) is 0 Å². The molecule has 0 aliphatic carbocycles. The van der Waals surface area contributed by atoms with Crippen LogP contribution in [0.4, 0.5) is 0 Å². The SMILES string of the molecule is COC(=O)[C@H](O)[C@@H](O)c1cccc2ccccc12. The molecule has 2 aromatic rings. The van der Waals surface area contributed by atoms with Gasteiger partial charge in [-0.05, 0) is 16.3 Å². The average Bonchev–Trinajstić information content (AvgIpc) is 2.44. The van der Waals surface area contributed by atoms with Gasteiger partial charge in [0.15, 0.2) is 6.10 Å². The number of carbonyl (C=O) groups is 1. The van der Waals surface area contributed by atoms with Gasteiger partial charge in [0.05, 0.1) is 7.11 Å². The largest absolute Gasteiger partial charge is 0.467 e. The number of methoxy groups -OCH3 is 1. The number of carbonyl (C=O) groups excluding carboxylic acids is 1. The van der Waals surface area contributed by atoms with E-state index in [-0.39, 0.29) is 0 Å². The van der Waals surface area contributed by atoms with E-state index in [0.717, 1.165) is 10.8 Å². The average molecular weight is 246 g/mol. The molecule has 4 heteroatoms. The summed E-state index contributed by atoms with van der Waals surface area (Å²) in [6.45, 7) is 0. The lowest BCUT2D eigenvalue weighted by Crippen LogP contribution is -2.29. The van der Waals surface area contributed by atoms with Crippen LogP contribution in [0.15, 0.2) is 42.5 Å². The maximum absolute atomic E-state index is 11.2. The molecule has 18 heavy (non-hydrogen) atoms. The minimum Gasteiger partial charge on any atom is -0.467 e. The maximum Gasteiger partial charge on any atom is 0.337 e. The topological polar surface area (TPSA) is 66.8 Å². The second kappa shape index (κ2) is 5.16. The summed E-state index contributed by atoms with van der Waals surface area (Å²) in [5, 5.41) is 21.4. The normalized spacial score (nSPS) is 14.2. The van der Waals surface area contributed by atoms with E-state index in [1.165, 1.54) is 7.11 Å². The van der Waals surface area contributed by atoms with E-state index in [4.69, 9.17) is 0 Å². The van der Waals surface area contributed by atoms with Crippen molar-refractivity contribution in [2.45, 2.75) is 12.2 Å². The molecule has 0 saturated carbocycles. The van der Waals surface area contributed by atoms with Gasteiger partial charge in [0.25, 0.3) is 0 Å². The van der Waals surface area contributed by atoms with Gasteiger partial charge in [-0.1, -0.05) is 42.5 Å². The molecule has 0 aliphatic rings. The Kier molecular flexibility index (Phi) is 3.60. The second-order valence-corrected chi connectivity index (χ2v) is 3.98. The van der Waals surface area contributed by atoms with Crippen molar-refractivity contribution in [3.05, 3.63) is 48.0 Å². The molecule has 0 aromatic heterocycles. The minimum absolute atomic E-state index is 0.506. The molecule has 0 bridgehead atoms. The van der Waals surface area contributed by atoms with Crippen molar-refractivity contribution in [3.63, 3.8) is 0 Å². The summed E-state index contributed by atoms with van der Waals surface area (Å²) in [7, 11) is 1.17. The van der Waals surface area contributed by atoms with E-state index in [0.29, 0.717) is 5.56 Å². The predicted molar refractivity (Wildman–Crippen MR) is 66.9 cm³/mol.